The normalized spacial score (nSPS) is 11.4. The highest BCUT2D eigenvalue weighted by Gasteiger charge is 2.30. The molecule has 0 aliphatic rings. The van der Waals surface area contributed by atoms with Gasteiger partial charge in [0.05, 0.1) is 23.8 Å². The summed E-state index contributed by atoms with van der Waals surface area (Å²) < 4.78 is 43.4. The number of halogens is 3. The van der Waals surface area contributed by atoms with Crippen LogP contribution >= 0.6 is 0 Å². The van der Waals surface area contributed by atoms with Crippen LogP contribution < -0.4 is 15.6 Å². The second-order valence-electron chi connectivity index (χ2n) is 7.32. The van der Waals surface area contributed by atoms with Crippen molar-refractivity contribution >= 4 is 22.4 Å². The summed E-state index contributed by atoms with van der Waals surface area (Å²) in [6, 6.07) is 16.2. The zero-order chi connectivity index (χ0) is 23.6. The molecule has 0 fully saturated rings. The fourth-order valence-electron chi connectivity index (χ4n) is 3.42. The molecular formula is C24H18F3N3O3. The second-order valence-corrected chi connectivity index (χ2v) is 7.32. The number of carbonyl (C=O) groups is 1. The van der Waals surface area contributed by atoms with Crippen molar-refractivity contribution in [1.29, 1.82) is 0 Å². The lowest BCUT2D eigenvalue weighted by Gasteiger charge is -2.10. The van der Waals surface area contributed by atoms with Crippen LogP contribution in [-0.4, -0.2) is 23.2 Å². The quantitative estimate of drug-likeness (QED) is 0.455. The van der Waals surface area contributed by atoms with Crippen LogP contribution in [-0.2, 0) is 12.6 Å². The van der Waals surface area contributed by atoms with E-state index in [-0.39, 0.29) is 5.56 Å². The fourth-order valence-corrected chi connectivity index (χ4v) is 3.42. The summed E-state index contributed by atoms with van der Waals surface area (Å²) in [5.74, 6) is 0.111. The van der Waals surface area contributed by atoms with Crippen LogP contribution in [0.3, 0.4) is 0 Å². The van der Waals surface area contributed by atoms with Crippen molar-refractivity contribution in [3.63, 3.8) is 0 Å². The minimum Gasteiger partial charge on any atom is -0.497 e. The van der Waals surface area contributed by atoms with Crippen molar-refractivity contribution in [2.75, 3.05) is 12.4 Å². The van der Waals surface area contributed by atoms with Crippen LogP contribution in [0, 0.1) is 0 Å². The van der Waals surface area contributed by atoms with E-state index in [1.807, 2.05) is 24.3 Å². The lowest BCUT2D eigenvalue weighted by Crippen LogP contribution is -2.15. The molecule has 0 saturated heterocycles. The van der Waals surface area contributed by atoms with E-state index in [2.05, 4.69) is 15.5 Å². The highest BCUT2D eigenvalue weighted by atomic mass is 19.4. The molecule has 0 bridgehead atoms. The minimum absolute atomic E-state index is 0.0606. The Morgan fingerprint density at radius 3 is 2.48 bits per heavy atom. The first-order chi connectivity index (χ1) is 15.7. The van der Waals surface area contributed by atoms with Crippen LogP contribution in [0.1, 0.15) is 27.2 Å². The number of fused-ring (bicyclic) bond motifs is 1. The smallest absolute Gasteiger partial charge is 0.416 e. The predicted octanol–water partition coefficient (Wildman–Crippen LogP) is 4.79. The van der Waals surface area contributed by atoms with Crippen molar-refractivity contribution in [3.05, 3.63) is 99.5 Å². The third-order valence-electron chi connectivity index (χ3n) is 5.11. The lowest BCUT2D eigenvalue weighted by molar-refractivity contribution is -0.137. The number of nitrogens with one attached hydrogen (secondary N) is 2. The number of aromatic amines is 1. The van der Waals surface area contributed by atoms with Gasteiger partial charge >= 0.3 is 6.18 Å². The van der Waals surface area contributed by atoms with Gasteiger partial charge in [0.15, 0.2) is 0 Å². The SMILES string of the molecule is COc1cccc(Cc2n[nH]c(=O)c3cc(NC(=O)c4ccc(C(F)(F)F)cc4)ccc23)c1. The van der Waals surface area contributed by atoms with Crippen LogP contribution in [0.15, 0.2) is 71.5 Å². The van der Waals surface area contributed by atoms with Gasteiger partial charge in [-0.1, -0.05) is 18.2 Å². The topological polar surface area (TPSA) is 84.1 Å². The van der Waals surface area contributed by atoms with E-state index in [1.165, 1.54) is 6.07 Å². The summed E-state index contributed by atoms with van der Waals surface area (Å²) >= 11 is 0. The zero-order valence-electron chi connectivity index (χ0n) is 17.4. The summed E-state index contributed by atoms with van der Waals surface area (Å²) in [6.45, 7) is 0. The number of carbonyl (C=O) groups excluding carboxylic acids is 1. The molecule has 6 nitrogen and oxygen atoms in total. The van der Waals surface area contributed by atoms with E-state index < -0.39 is 23.2 Å². The average molecular weight is 453 g/mol. The first-order valence-electron chi connectivity index (χ1n) is 9.87. The molecule has 0 radical (unpaired) electrons. The van der Waals surface area contributed by atoms with E-state index in [0.717, 1.165) is 29.8 Å². The van der Waals surface area contributed by atoms with Crippen LogP contribution in [0.4, 0.5) is 18.9 Å². The third-order valence-corrected chi connectivity index (χ3v) is 5.11. The Morgan fingerprint density at radius 1 is 1.03 bits per heavy atom. The van der Waals surface area contributed by atoms with Gasteiger partial charge in [-0.3, -0.25) is 9.59 Å². The molecule has 3 aromatic carbocycles. The third kappa shape index (κ3) is 4.87. The van der Waals surface area contributed by atoms with Gasteiger partial charge in [-0.15, -0.1) is 0 Å². The zero-order valence-corrected chi connectivity index (χ0v) is 17.4. The van der Waals surface area contributed by atoms with Crippen molar-refractivity contribution in [1.82, 2.24) is 10.2 Å². The van der Waals surface area contributed by atoms with E-state index in [4.69, 9.17) is 4.74 Å². The number of ether oxygens (including phenoxy) is 1. The minimum atomic E-state index is -4.48. The molecule has 1 heterocycles. The Balaban J connectivity index is 1.59. The van der Waals surface area contributed by atoms with Crippen molar-refractivity contribution in [2.24, 2.45) is 0 Å². The Kier molecular flexibility index (Phi) is 5.87. The first-order valence-corrected chi connectivity index (χ1v) is 9.87. The second kappa shape index (κ2) is 8.78. The van der Waals surface area contributed by atoms with Gasteiger partial charge in [0.2, 0.25) is 0 Å². The molecule has 168 valence electrons. The maximum Gasteiger partial charge on any atom is 0.416 e. The van der Waals surface area contributed by atoms with Crippen LogP contribution in [0.25, 0.3) is 10.8 Å². The lowest BCUT2D eigenvalue weighted by atomic mass is 10.0. The summed E-state index contributed by atoms with van der Waals surface area (Å²) in [5, 5.41) is 10.2. The number of hydrogen-bond donors (Lipinski definition) is 2. The van der Waals surface area contributed by atoms with E-state index in [0.29, 0.717) is 34.3 Å². The van der Waals surface area contributed by atoms with Gasteiger partial charge in [0.1, 0.15) is 5.75 Å². The fraction of sp³-hybridized carbons (Fsp3) is 0.125. The first kappa shape index (κ1) is 22.1. The Bertz CT molecular complexity index is 1380. The number of hydrogen-bond acceptors (Lipinski definition) is 4. The molecule has 2 N–H and O–H groups in total. The molecule has 0 unspecified atom stereocenters. The van der Waals surface area contributed by atoms with Crippen LogP contribution in [0.5, 0.6) is 5.75 Å². The molecular weight excluding hydrogens is 435 g/mol. The number of aromatic nitrogens is 2. The predicted molar refractivity (Wildman–Crippen MR) is 118 cm³/mol. The van der Waals surface area contributed by atoms with Gasteiger partial charge < -0.3 is 10.1 Å². The number of anilines is 1. The van der Waals surface area contributed by atoms with Crippen molar-refractivity contribution in [2.45, 2.75) is 12.6 Å². The molecule has 0 atom stereocenters. The van der Waals surface area contributed by atoms with Gasteiger partial charge in [-0.2, -0.15) is 18.3 Å². The molecule has 4 aromatic rings. The molecule has 0 spiro atoms. The Morgan fingerprint density at radius 2 is 1.79 bits per heavy atom. The van der Waals surface area contributed by atoms with Gasteiger partial charge in [-0.25, -0.2) is 5.10 Å². The molecule has 1 amide bonds. The van der Waals surface area contributed by atoms with E-state index in [9.17, 15) is 22.8 Å². The number of nitrogens with zero attached hydrogens (tertiary/aromatic N) is 1. The number of benzene rings is 3. The summed E-state index contributed by atoms with van der Waals surface area (Å²) in [5.41, 5.74) is 0.701. The number of alkyl halides is 3. The maximum atomic E-state index is 12.7. The standard InChI is InChI=1S/C24H18F3N3O3/c1-33-18-4-2-3-14(11-18)12-21-19-10-9-17(13-20(19)23(32)30-29-21)28-22(31)15-5-7-16(8-6-15)24(25,26)27/h2-11,13H,12H2,1H3,(H,28,31)(H,30,32). The van der Waals surface area contributed by atoms with Gasteiger partial charge in [-0.05, 0) is 54.1 Å². The number of rotatable bonds is 5. The maximum absolute atomic E-state index is 12.7. The summed E-state index contributed by atoms with van der Waals surface area (Å²) in [7, 11) is 1.58. The van der Waals surface area contributed by atoms with E-state index in [1.54, 1.807) is 19.2 Å². The largest absolute Gasteiger partial charge is 0.497 e. The number of H-pyrrole nitrogens is 1. The molecule has 4 rings (SSSR count). The van der Waals surface area contributed by atoms with Crippen LogP contribution in [0.2, 0.25) is 0 Å². The highest BCUT2D eigenvalue weighted by Crippen LogP contribution is 2.29. The number of amides is 1. The van der Waals surface area contributed by atoms with Gasteiger partial charge in [0.25, 0.3) is 11.5 Å². The monoisotopic (exact) mass is 453 g/mol. The highest BCUT2D eigenvalue weighted by molar-refractivity contribution is 6.05. The summed E-state index contributed by atoms with van der Waals surface area (Å²) in [6.07, 6.45) is -4.03. The molecule has 1 aromatic heterocycles. The molecule has 0 aliphatic carbocycles. The molecule has 0 saturated carbocycles. The number of methoxy groups -OCH3 is 1. The Labute approximate surface area is 186 Å². The van der Waals surface area contributed by atoms with Crippen molar-refractivity contribution < 1.29 is 22.7 Å². The van der Waals surface area contributed by atoms with Crippen molar-refractivity contribution in [3.8, 4) is 5.75 Å². The molecule has 0 aliphatic heterocycles. The van der Waals surface area contributed by atoms with Gasteiger partial charge in [0, 0.05) is 23.1 Å². The molecule has 33 heavy (non-hydrogen) atoms. The summed E-state index contributed by atoms with van der Waals surface area (Å²) in [4.78, 5) is 24.8. The average Bonchev–Trinajstić information content (AvgIpc) is 2.80. The Hall–Kier alpha value is -4.14. The molecule has 9 heteroatoms. The van der Waals surface area contributed by atoms with E-state index >= 15 is 0 Å².